The van der Waals surface area contributed by atoms with Gasteiger partial charge >= 0.3 is 0 Å². The smallest absolute Gasteiger partial charge is 0.151 e. The third-order valence-corrected chi connectivity index (χ3v) is 6.10. The van der Waals surface area contributed by atoms with Crippen LogP contribution in [0.15, 0.2) is 54.6 Å². The van der Waals surface area contributed by atoms with Crippen LogP contribution >= 0.6 is 0 Å². The highest BCUT2D eigenvalue weighted by atomic mass is 16.5. The van der Waals surface area contributed by atoms with Crippen molar-refractivity contribution in [2.24, 2.45) is 0 Å². The number of aromatic nitrogens is 2. The predicted octanol–water partition coefficient (Wildman–Crippen LogP) is 6.78. The maximum Gasteiger partial charge on any atom is 0.151 e. The number of aryl methyl sites for hydroxylation is 3. The van der Waals surface area contributed by atoms with Gasteiger partial charge in [-0.15, -0.1) is 0 Å². The Morgan fingerprint density at radius 2 is 1.87 bits per heavy atom. The first-order valence-corrected chi connectivity index (χ1v) is 11.2. The molecule has 0 fully saturated rings. The van der Waals surface area contributed by atoms with Crippen LogP contribution in [0, 0.1) is 20.8 Å². The Morgan fingerprint density at radius 1 is 1.03 bits per heavy atom. The summed E-state index contributed by atoms with van der Waals surface area (Å²) in [5.74, 6) is 0.928. The van der Waals surface area contributed by atoms with Crippen molar-refractivity contribution < 1.29 is 4.74 Å². The summed E-state index contributed by atoms with van der Waals surface area (Å²) in [6.45, 7) is 9.29. The fourth-order valence-electron chi connectivity index (χ4n) is 4.68. The molecule has 3 aromatic carbocycles. The van der Waals surface area contributed by atoms with Crippen molar-refractivity contribution in [3.63, 3.8) is 0 Å². The Morgan fingerprint density at radius 3 is 2.71 bits per heavy atom. The minimum atomic E-state index is -0.139. The Bertz CT molecular complexity index is 1270. The Balaban J connectivity index is 1.74. The minimum Gasteiger partial charge on any atom is -0.493 e. The van der Waals surface area contributed by atoms with Gasteiger partial charge in [-0.05, 0) is 61.7 Å². The van der Waals surface area contributed by atoms with E-state index in [-0.39, 0.29) is 6.17 Å². The molecule has 1 atom stereocenters. The van der Waals surface area contributed by atoms with Crippen molar-refractivity contribution in [1.29, 1.82) is 0 Å². The maximum absolute atomic E-state index is 6.32. The molecule has 0 saturated heterocycles. The van der Waals surface area contributed by atoms with Crippen molar-refractivity contribution in [3.8, 4) is 17.0 Å². The normalized spacial score (nSPS) is 14.8. The molecule has 5 rings (SSSR count). The zero-order chi connectivity index (χ0) is 21.5. The number of unbranched alkanes of at least 4 members (excludes halogenated alkanes) is 1. The van der Waals surface area contributed by atoms with Crippen molar-refractivity contribution in [1.82, 2.24) is 9.78 Å². The lowest BCUT2D eigenvalue weighted by Gasteiger charge is -2.32. The number of hydrogen-bond donors (Lipinski definition) is 1. The van der Waals surface area contributed by atoms with Crippen LogP contribution in [0.2, 0.25) is 0 Å². The first-order valence-electron chi connectivity index (χ1n) is 11.2. The van der Waals surface area contributed by atoms with Crippen molar-refractivity contribution >= 4 is 16.5 Å². The van der Waals surface area contributed by atoms with Crippen LogP contribution in [0.4, 0.5) is 5.69 Å². The highest BCUT2D eigenvalue weighted by molar-refractivity contribution is 5.90. The fraction of sp³-hybridized carbons (Fsp3) is 0.296. The number of nitrogens with one attached hydrogen (secondary N) is 1. The topological polar surface area (TPSA) is 39.1 Å². The average Bonchev–Trinajstić information content (AvgIpc) is 3.15. The van der Waals surface area contributed by atoms with Gasteiger partial charge in [0.15, 0.2) is 6.17 Å². The maximum atomic E-state index is 6.32. The fourth-order valence-corrected chi connectivity index (χ4v) is 4.68. The van der Waals surface area contributed by atoms with Gasteiger partial charge in [0, 0.05) is 16.8 Å². The van der Waals surface area contributed by atoms with Gasteiger partial charge < -0.3 is 10.1 Å². The molecule has 0 amide bonds. The molecular formula is C27H29N3O. The molecule has 1 aliphatic rings. The highest BCUT2D eigenvalue weighted by Gasteiger charge is 2.31. The standard InChI is InChI=1S/C27H29N3O/c1-5-6-13-31-24-12-11-20-9-7-8-10-21(20)25(24)27-28-26-18(3)14-17(2)15-22(26)23-16-19(4)29-30(23)27/h7-12,14-16,27-28H,5-6,13H2,1-4H3. The number of fused-ring (bicyclic) bond motifs is 4. The highest BCUT2D eigenvalue weighted by Crippen LogP contribution is 2.44. The molecule has 4 nitrogen and oxygen atoms in total. The molecule has 1 N–H and O–H groups in total. The summed E-state index contributed by atoms with van der Waals surface area (Å²) >= 11 is 0. The van der Waals surface area contributed by atoms with Gasteiger partial charge in [0.2, 0.25) is 0 Å². The molecule has 0 radical (unpaired) electrons. The molecule has 4 aromatic rings. The van der Waals surface area contributed by atoms with Crippen molar-refractivity contribution in [3.05, 3.63) is 77.0 Å². The number of ether oxygens (including phenoxy) is 1. The van der Waals surface area contributed by atoms with E-state index in [0.29, 0.717) is 6.61 Å². The molecule has 0 saturated carbocycles. The van der Waals surface area contributed by atoms with Crippen LogP contribution < -0.4 is 10.1 Å². The average molecular weight is 412 g/mol. The number of hydrogen-bond acceptors (Lipinski definition) is 3. The van der Waals surface area contributed by atoms with E-state index in [1.807, 2.05) is 0 Å². The van der Waals surface area contributed by atoms with E-state index in [1.165, 1.54) is 33.2 Å². The van der Waals surface area contributed by atoms with Gasteiger partial charge in [-0.25, -0.2) is 4.68 Å². The third-order valence-electron chi connectivity index (χ3n) is 6.10. The molecule has 2 heterocycles. The first-order chi connectivity index (χ1) is 15.1. The molecule has 158 valence electrons. The van der Waals surface area contributed by atoms with Crippen LogP contribution in [0.3, 0.4) is 0 Å². The Labute approximate surface area is 183 Å². The van der Waals surface area contributed by atoms with Gasteiger partial charge in [-0.2, -0.15) is 5.10 Å². The van der Waals surface area contributed by atoms with E-state index in [0.717, 1.165) is 35.5 Å². The van der Waals surface area contributed by atoms with Gasteiger partial charge in [-0.1, -0.05) is 55.3 Å². The van der Waals surface area contributed by atoms with Gasteiger partial charge in [0.1, 0.15) is 5.75 Å². The molecule has 1 aliphatic heterocycles. The Kier molecular flexibility index (Phi) is 4.93. The van der Waals surface area contributed by atoms with E-state index in [1.54, 1.807) is 0 Å². The molecule has 1 aromatic heterocycles. The molecular weight excluding hydrogens is 382 g/mol. The predicted molar refractivity (Wildman–Crippen MR) is 128 cm³/mol. The zero-order valence-corrected chi connectivity index (χ0v) is 18.7. The third kappa shape index (κ3) is 3.36. The number of nitrogens with zero attached hydrogens (tertiary/aromatic N) is 2. The zero-order valence-electron chi connectivity index (χ0n) is 18.7. The molecule has 1 unspecified atom stereocenters. The lowest BCUT2D eigenvalue weighted by Crippen LogP contribution is -2.27. The number of rotatable bonds is 5. The van der Waals surface area contributed by atoms with E-state index < -0.39 is 0 Å². The first kappa shape index (κ1) is 19.7. The van der Waals surface area contributed by atoms with Crippen LogP contribution in [-0.4, -0.2) is 16.4 Å². The molecule has 0 bridgehead atoms. The summed E-state index contributed by atoms with van der Waals surface area (Å²) in [6.07, 6.45) is 2.01. The largest absolute Gasteiger partial charge is 0.493 e. The summed E-state index contributed by atoms with van der Waals surface area (Å²) in [4.78, 5) is 0. The van der Waals surface area contributed by atoms with Crippen LogP contribution in [0.25, 0.3) is 22.0 Å². The van der Waals surface area contributed by atoms with E-state index in [2.05, 4.69) is 92.3 Å². The van der Waals surface area contributed by atoms with Crippen molar-refractivity contribution in [2.75, 3.05) is 11.9 Å². The van der Waals surface area contributed by atoms with Gasteiger partial charge in [-0.3, -0.25) is 0 Å². The SMILES string of the molecule is CCCCOc1ccc2ccccc2c1C1Nc2c(C)cc(C)cc2-c2cc(C)nn21. The molecule has 0 aliphatic carbocycles. The van der Waals surface area contributed by atoms with Gasteiger partial charge in [0.05, 0.1) is 18.0 Å². The van der Waals surface area contributed by atoms with E-state index >= 15 is 0 Å². The van der Waals surface area contributed by atoms with E-state index in [4.69, 9.17) is 9.84 Å². The van der Waals surface area contributed by atoms with Crippen LogP contribution in [0.1, 0.15) is 48.3 Å². The van der Waals surface area contributed by atoms with Crippen LogP contribution in [0.5, 0.6) is 5.75 Å². The summed E-state index contributed by atoms with van der Waals surface area (Å²) in [5.41, 5.74) is 8.20. The lowest BCUT2D eigenvalue weighted by molar-refractivity contribution is 0.304. The number of anilines is 1. The van der Waals surface area contributed by atoms with E-state index in [9.17, 15) is 0 Å². The summed E-state index contributed by atoms with van der Waals surface area (Å²) < 4.78 is 8.45. The molecule has 4 heteroatoms. The summed E-state index contributed by atoms with van der Waals surface area (Å²) in [6, 6.07) is 19.5. The second kappa shape index (κ2) is 7.77. The van der Waals surface area contributed by atoms with Crippen molar-refractivity contribution in [2.45, 2.75) is 46.7 Å². The molecule has 31 heavy (non-hydrogen) atoms. The van der Waals surface area contributed by atoms with Crippen LogP contribution in [-0.2, 0) is 0 Å². The second-order valence-electron chi connectivity index (χ2n) is 8.57. The summed E-state index contributed by atoms with van der Waals surface area (Å²) in [7, 11) is 0. The van der Waals surface area contributed by atoms with Gasteiger partial charge in [0.25, 0.3) is 0 Å². The molecule has 0 spiro atoms. The minimum absolute atomic E-state index is 0.139. The summed E-state index contributed by atoms with van der Waals surface area (Å²) in [5, 5.41) is 11.1. The lowest BCUT2D eigenvalue weighted by atomic mass is 9.95. The number of benzene rings is 3. The quantitative estimate of drug-likeness (QED) is 0.368. The monoisotopic (exact) mass is 411 g/mol. The second-order valence-corrected chi connectivity index (χ2v) is 8.57. The Hall–Kier alpha value is -3.27.